The number of nitrogens with one attached hydrogen (secondary N) is 1. The molecule has 0 spiro atoms. The van der Waals surface area contributed by atoms with Gasteiger partial charge in [-0.05, 0) is 24.3 Å². The van der Waals surface area contributed by atoms with E-state index in [1.807, 2.05) is 30.3 Å². The predicted molar refractivity (Wildman–Crippen MR) is 94.7 cm³/mol. The molecule has 2 aromatic carbocycles. The van der Waals surface area contributed by atoms with Crippen molar-refractivity contribution < 1.29 is 13.9 Å². The van der Waals surface area contributed by atoms with Crippen LogP contribution in [0.4, 0.5) is 0 Å². The highest BCUT2D eigenvalue weighted by molar-refractivity contribution is 5.96. The number of hydrogen-bond acceptors (Lipinski definition) is 4. The van der Waals surface area contributed by atoms with Crippen molar-refractivity contribution in [1.82, 2.24) is 5.32 Å². The SMILES string of the molecule is COc1ccccc1C#CCNC(=O)c1cc2ccccc2oc1=O. The lowest BCUT2D eigenvalue weighted by molar-refractivity contribution is 0.0955. The van der Waals surface area contributed by atoms with E-state index in [1.54, 1.807) is 25.3 Å². The second-order valence-electron chi connectivity index (χ2n) is 5.17. The van der Waals surface area contributed by atoms with Gasteiger partial charge >= 0.3 is 5.63 Å². The summed E-state index contributed by atoms with van der Waals surface area (Å²) in [6, 6.07) is 15.9. The number of methoxy groups -OCH3 is 1. The quantitative estimate of drug-likeness (QED) is 0.591. The van der Waals surface area contributed by atoms with E-state index < -0.39 is 11.5 Å². The molecule has 0 radical (unpaired) electrons. The van der Waals surface area contributed by atoms with E-state index in [2.05, 4.69) is 17.2 Å². The van der Waals surface area contributed by atoms with Crippen LogP contribution in [0, 0.1) is 11.8 Å². The molecule has 3 rings (SSSR count). The number of para-hydroxylation sites is 2. The Hall–Kier alpha value is -3.52. The summed E-state index contributed by atoms with van der Waals surface area (Å²) < 4.78 is 10.4. The summed E-state index contributed by atoms with van der Waals surface area (Å²) in [4.78, 5) is 24.1. The van der Waals surface area contributed by atoms with Crippen LogP contribution in [0.1, 0.15) is 15.9 Å². The third-order valence-electron chi connectivity index (χ3n) is 3.55. The van der Waals surface area contributed by atoms with Crippen LogP contribution in [0.5, 0.6) is 5.75 Å². The summed E-state index contributed by atoms with van der Waals surface area (Å²) in [6.45, 7) is 0.100. The lowest BCUT2D eigenvalue weighted by Crippen LogP contribution is -2.28. The Bertz CT molecular complexity index is 1040. The molecule has 0 fully saturated rings. The average Bonchev–Trinajstić information content (AvgIpc) is 2.64. The molecule has 5 heteroatoms. The zero-order chi connectivity index (χ0) is 17.6. The van der Waals surface area contributed by atoms with Gasteiger partial charge in [-0.25, -0.2) is 4.79 Å². The van der Waals surface area contributed by atoms with Crippen LogP contribution >= 0.6 is 0 Å². The van der Waals surface area contributed by atoms with Crippen molar-refractivity contribution >= 4 is 16.9 Å². The number of rotatable bonds is 3. The van der Waals surface area contributed by atoms with Gasteiger partial charge in [-0.1, -0.05) is 42.2 Å². The Labute approximate surface area is 144 Å². The molecule has 0 aliphatic rings. The van der Waals surface area contributed by atoms with Crippen molar-refractivity contribution in [3.63, 3.8) is 0 Å². The number of benzene rings is 2. The molecule has 0 atom stereocenters. The van der Waals surface area contributed by atoms with Crippen LogP contribution in [-0.2, 0) is 0 Å². The topological polar surface area (TPSA) is 68.5 Å². The van der Waals surface area contributed by atoms with E-state index in [4.69, 9.17) is 9.15 Å². The third-order valence-corrected chi connectivity index (χ3v) is 3.55. The molecule has 25 heavy (non-hydrogen) atoms. The average molecular weight is 333 g/mol. The largest absolute Gasteiger partial charge is 0.495 e. The van der Waals surface area contributed by atoms with E-state index in [9.17, 15) is 9.59 Å². The van der Waals surface area contributed by atoms with Crippen LogP contribution < -0.4 is 15.7 Å². The maximum absolute atomic E-state index is 12.2. The molecular weight excluding hydrogens is 318 g/mol. The Morgan fingerprint density at radius 3 is 2.76 bits per heavy atom. The maximum atomic E-state index is 12.2. The molecule has 0 bridgehead atoms. The summed E-state index contributed by atoms with van der Waals surface area (Å²) in [6.07, 6.45) is 0. The van der Waals surface area contributed by atoms with Gasteiger partial charge in [0.05, 0.1) is 19.2 Å². The van der Waals surface area contributed by atoms with Crippen molar-refractivity contribution in [1.29, 1.82) is 0 Å². The first-order chi connectivity index (χ1) is 12.2. The first kappa shape index (κ1) is 16.3. The monoisotopic (exact) mass is 333 g/mol. The summed E-state index contributed by atoms with van der Waals surface area (Å²) in [7, 11) is 1.57. The molecule has 1 amide bonds. The highest BCUT2D eigenvalue weighted by Gasteiger charge is 2.12. The Morgan fingerprint density at radius 2 is 1.92 bits per heavy atom. The van der Waals surface area contributed by atoms with Gasteiger partial charge in [-0.15, -0.1) is 0 Å². The number of amides is 1. The van der Waals surface area contributed by atoms with Gasteiger partial charge < -0.3 is 14.5 Å². The summed E-state index contributed by atoms with van der Waals surface area (Å²) in [5.41, 5.74) is 0.455. The van der Waals surface area contributed by atoms with E-state index >= 15 is 0 Å². The molecule has 0 unspecified atom stereocenters. The minimum Gasteiger partial charge on any atom is -0.495 e. The predicted octanol–water partition coefficient (Wildman–Crippen LogP) is 2.58. The molecule has 1 N–H and O–H groups in total. The van der Waals surface area contributed by atoms with Crippen LogP contribution in [0.25, 0.3) is 11.0 Å². The Morgan fingerprint density at radius 1 is 1.16 bits per heavy atom. The summed E-state index contributed by atoms with van der Waals surface area (Å²) in [5.74, 6) is 5.91. The summed E-state index contributed by atoms with van der Waals surface area (Å²) >= 11 is 0. The second-order valence-corrected chi connectivity index (χ2v) is 5.17. The second kappa shape index (κ2) is 7.37. The van der Waals surface area contributed by atoms with Gasteiger partial charge in [-0.2, -0.15) is 0 Å². The van der Waals surface area contributed by atoms with Crippen molar-refractivity contribution in [2.24, 2.45) is 0 Å². The molecule has 3 aromatic rings. The molecule has 0 aliphatic carbocycles. The van der Waals surface area contributed by atoms with Crippen LogP contribution in [-0.4, -0.2) is 19.6 Å². The fourth-order valence-electron chi connectivity index (χ4n) is 2.33. The first-order valence-corrected chi connectivity index (χ1v) is 7.62. The number of hydrogen-bond donors (Lipinski definition) is 1. The molecule has 1 heterocycles. The first-order valence-electron chi connectivity index (χ1n) is 7.62. The standard InChI is InChI=1S/C20H15NO4/c1-24-17-10-4-2-7-14(17)9-6-12-21-19(22)16-13-15-8-3-5-11-18(15)25-20(16)23/h2-5,7-8,10-11,13H,12H2,1H3,(H,21,22). The molecule has 0 aliphatic heterocycles. The van der Waals surface area contributed by atoms with Crippen molar-refractivity contribution in [2.45, 2.75) is 0 Å². The van der Waals surface area contributed by atoms with Crippen molar-refractivity contribution in [3.8, 4) is 17.6 Å². The molecular formula is C20H15NO4. The van der Waals surface area contributed by atoms with Gasteiger partial charge in [0.25, 0.3) is 5.91 Å². The fraction of sp³-hybridized carbons (Fsp3) is 0.100. The van der Waals surface area contributed by atoms with Crippen LogP contribution in [0.3, 0.4) is 0 Å². The fourth-order valence-corrected chi connectivity index (χ4v) is 2.33. The van der Waals surface area contributed by atoms with Crippen LogP contribution in [0.15, 0.2) is 63.8 Å². The zero-order valence-electron chi connectivity index (χ0n) is 13.5. The van der Waals surface area contributed by atoms with E-state index in [0.717, 1.165) is 5.56 Å². The minimum absolute atomic E-state index is 0.0437. The zero-order valence-corrected chi connectivity index (χ0v) is 13.5. The number of carbonyl (C=O) groups excluding carboxylic acids is 1. The molecule has 124 valence electrons. The van der Waals surface area contributed by atoms with E-state index in [0.29, 0.717) is 16.7 Å². The molecule has 0 saturated heterocycles. The van der Waals surface area contributed by atoms with Gasteiger partial charge in [0.2, 0.25) is 0 Å². The number of carbonyl (C=O) groups is 1. The molecule has 5 nitrogen and oxygen atoms in total. The van der Waals surface area contributed by atoms with Crippen molar-refractivity contribution in [2.75, 3.05) is 13.7 Å². The third kappa shape index (κ3) is 3.70. The number of fused-ring (bicyclic) bond motifs is 1. The molecule has 0 saturated carbocycles. The normalized spacial score (nSPS) is 9.96. The van der Waals surface area contributed by atoms with Gasteiger partial charge in [0.1, 0.15) is 16.9 Å². The summed E-state index contributed by atoms with van der Waals surface area (Å²) in [5, 5.41) is 3.29. The lowest BCUT2D eigenvalue weighted by atomic mass is 10.2. The minimum atomic E-state index is -0.672. The van der Waals surface area contributed by atoms with E-state index in [-0.39, 0.29) is 12.1 Å². The van der Waals surface area contributed by atoms with Crippen LogP contribution in [0.2, 0.25) is 0 Å². The van der Waals surface area contributed by atoms with Gasteiger partial charge in [0.15, 0.2) is 0 Å². The Balaban J connectivity index is 1.73. The van der Waals surface area contributed by atoms with Gasteiger partial charge in [-0.3, -0.25) is 4.79 Å². The highest BCUT2D eigenvalue weighted by Crippen LogP contribution is 2.15. The van der Waals surface area contributed by atoms with Crippen molar-refractivity contribution in [3.05, 3.63) is 76.1 Å². The smallest absolute Gasteiger partial charge is 0.349 e. The molecule has 1 aromatic heterocycles. The van der Waals surface area contributed by atoms with Gasteiger partial charge in [0, 0.05) is 5.39 Å². The maximum Gasteiger partial charge on any atom is 0.349 e. The number of ether oxygens (including phenoxy) is 1. The lowest BCUT2D eigenvalue weighted by Gasteiger charge is -2.02. The van der Waals surface area contributed by atoms with E-state index in [1.165, 1.54) is 6.07 Å². The highest BCUT2D eigenvalue weighted by atomic mass is 16.5. The Kier molecular flexibility index (Phi) is 4.82.